The molecule has 0 atom stereocenters. The van der Waals surface area contributed by atoms with Crippen LogP contribution < -0.4 is 4.90 Å². The van der Waals surface area contributed by atoms with Crippen LogP contribution in [0.1, 0.15) is 18.4 Å². The molecule has 0 unspecified atom stereocenters. The lowest BCUT2D eigenvalue weighted by Gasteiger charge is -2.46. The van der Waals surface area contributed by atoms with E-state index in [1.54, 1.807) is 4.90 Å². The molecular weight excluding hydrogens is 368 g/mol. The molecule has 1 amide bonds. The van der Waals surface area contributed by atoms with Gasteiger partial charge in [0, 0.05) is 32.4 Å². The molecule has 0 aliphatic carbocycles. The highest BCUT2D eigenvalue weighted by molar-refractivity contribution is 6.02. The van der Waals surface area contributed by atoms with Gasteiger partial charge in [-0.2, -0.15) is 0 Å². The second kappa shape index (κ2) is 9.67. The van der Waals surface area contributed by atoms with Crippen molar-refractivity contribution in [3.8, 4) is 0 Å². The second-order valence-corrected chi connectivity index (χ2v) is 7.28. The van der Waals surface area contributed by atoms with Crippen LogP contribution in [-0.4, -0.2) is 56.2 Å². The monoisotopic (exact) mass is 396 g/mol. The summed E-state index contributed by atoms with van der Waals surface area (Å²) in [5.41, 5.74) is 0.865. The fourth-order valence-corrected chi connectivity index (χ4v) is 4.03. The van der Waals surface area contributed by atoms with E-state index in [1.807, 2.05) is 48.5 Å². The topological polar surface area (TPSA) is 59.1 Å². The van der Waals surface area contributed by atoms with Crippen LogP contribution in [0.3, 0.4) is 0 Å². The smallest absolute Gasteiger partial charge is 0.332 e. The highest BCUT2D eigenvalue weighted by Crippen LogP contribution is 2.35. The zero-order valence-corrected chi connectivity index (χ0v) is 17.0. The van der Waals surface area contributed by atoms with Crippen LogP contribution in [-0.2, 0) is 25.6 Å². The van der Waals surface area contributed by atoms with Gasteiger partial charge in [0.1, 0.15) is 12.1 Å². The maximum absolute atomic E-state index is 13.0. The average Bonchev–Trinajstić information content (AvgIpc) is 2.76. The van der Waals surface area contributed by atoms with Crippen LogP contribution in [0.25, 0.3) is 0 Å². The van der Waals surface area contributed by atoms with E-state index in [1.165, 1.54) is 19.8 Å². The molecule has 6 heteroatoms. The minimum absolute atomic E-state index is 0.0959. The molecular formula is C23H28N2O4. The van der Waals surface area contributed by atoms with Gasteiger partial charge in [-0.05, 0) is 30.5 Å². The van der Waals surface area contributed by atoms with Gasteiger partial charge in [-0.25, -0.2) is 4.79 Å². The lowest BCUT2D eigenvalue weighted by atomic mass is 9.84. The van der Waals surface area contributed by atoms with Crippen molar-refractivity contribution in [2.45, 2.75) is 24.9 Å². The molecule has 0 radical (unpaired) electrons. The molecule has 2 aromatic rings. The average molecular weight is 396 g/mol. The first kappa shape index (κ1) is 21.0. The Balaban J connectivity index is 1.87. The summed E-state index contributed by atoms with van der Waals surface area (Å²) in [6.07, 6.45) is 0.994. The minimum Gasteiger partial charge on any atom is -0.467 e. The fourth-order valence-electron chi connectivity index (χ4n) is 4.03. The number of methoxy groups -OCH3 is 2. The number of nitrogens with zero attached hydrogens (tertiary/aromatic N) is 2. The van der Waals surface area contributed by atoms with Gasteiger partial charge in [0.2, 0.25) is 0 Å². The molecule has 0 saturated carbocycles. The number of anilines is 1. The third-order valence-corrected chi connectivity index (χ3v) is 5.46. The van der Waals surface area contributed by atoms with Crippen LogP contribution in [0.4, 0.5) is 5.69 Å². The van der Waals surface area contributed by atoms with Crippen LogP contribution in [0.2, 0.25) is 0 Å². The molecule has 1 saturated heterocycles. The van der Waals surface area contributed by atoms with E-state index in [-0.39, 0.29) is 18.5 Å². The van der Waals surface area contributed by atoms with Crippen molar-refractivity contribution in [1.82, 2.24) is 4.90 Å². The van der Waals surface area contributed by atoms with Crippen LogP contribution in [0.15, 0.2) is 60.7 Å². The standard InChI is InChI=1S/C23H28N2O4/c1-28-18-21(26)25(20-11-7-4-8-12-20)23(22(27)29-2)13-15-24(16-14-23)17-19-9-5-3-6-10-19/h3-12H,13-18H2,1-2H3. The van der Waals surface area contributed by atoms with Gasteiger partial charge in [-0.15, -0.1) is 0 Å². The minimum atomic E-state index is -1.04. The Hall–Kier alpha value is -2.70. The van der Waals surface area contributed by atoms with Crippen LogP contribution >= 0.6 is 0 Å². The lowest BCUT2D eigenvalue weighted by Crippen LogP contribution is -2.63. The fraction of sp³-hybridized carbons (Fsp3) is 0.391. The number of carbonyl (C=O) groups is 2. The number of amides is 1. The van der Waals surface area contributed by atoms with Crippen molar-refractivity contribution in [1.29, 1.82) is 0 Å². The number of ether oxygens (including phenoxy) is 2. The molecule has 154 valence electrons. The summed E-state index contributed by atoms with van der Waals surface area (Å²) in [5, 5.41) is 0. The number of esters is 1. The van der Waals surface area contributed by atoms with E-state index >= 15 is 0 Å². The molecule has 0 spiro atoms. The summed E-state index contributed by atoms with van der Waals surface area (Å²) in [6, 6.07) is 19.5. The first-order valence-corrected chi connectivity index (χ1v) is 9.82. The molecule has 1 aliphatic rings. The van der Waals surface area contributed by atoms with Gasteiger partial charge in [0.05, 0.1) is 7.11 Å². The zero-order valence-electron chi connectivity index (χ0n) is 17.0. The highest BCUT2D eigenvalue weighted by Gasteiger charge is 2.50. The Morgan fingerprint density at radius 3 is 2.10 bits per heavy atom. The highest BCUT2D eigenvalue weighted by atomic mass is 16.5. The maximum Gasteiger partial charge on any atom is 0.332 e. The van der Waals surface area contributed by atoms with Gasteiger partial charge in [0.15, 0.2) is 0 Å². The number of para-hydroxylation sites is 1. The first-order chi connectivity index (χ1) is 14.1. The summed E-state index contributed by atoms with van der Waals surface area (Å²) in [4.78, 5) is 29.9. The Bertz CT molecular complexity index is 802. The quantitative estimate of drug-likeness (QED) is 0.674. The normalized spacial score (nSPS) is 16.2. The van der Waals surface area contributed by atoms with Crippen molar-refractivity contribution in [2.75, 3.05) is 38.8 Å². The molecule has 0 N–H and O–H groups in total. The van der Waals surface area contributed by atoms with E-state index in [9.17, 15) is 9.59 Å². The third-order valence-electron chi connectivity index (χ3n) is 5.46. The van der Waals surface area contributed by atoms with Gasteiger partial charge in [-0.1, -0.05) is 48.5 Å². The van der Waals surface area contributed by atoms with E-state index in [2.05, 4.69) is 17.0 Å². The van der Waals surface area contributed by atoms with Crippen molar-refractivity contribution < 1.29 is 19.1 Å². The van der Waals surface area contributed by atoms with Crippen LogP contribution in [0.5, 0.6) is 0 Å². The number of hydrogen-bond donors (Lipinski definition) is 0. The zero-order chi connectivity index (χ0) is 20.7. The maximum atomic E-state index is 13.0. The van der Waals surface area contributed by atoms with E-state index < -0.39 is 5.54 Å². The largest absolute Gasteiger partial charge is 0.467 e. The predicted molar refractivity (Wildman–Crippen MR) is 112 cm³/mol. The molecule has 1 aliphatic heterocycles. The summed E-state index contributed by atoms with van der Waals surface area (Å²) in [5.74, 6) is -0.634. The number of rotatable bonds is 7. The van der Waals surface area contributed by atoms with E-state index in [0.29, 0.717) is 31.6 Å². The van der Waals surface area contributed by atoms with Crippen LogP contribution in [0, 0.1) is 0 Å². The predicted octanol–water partition coefficient (Wildman–Crippen LogP) is 2.87. The molecule has 2 aromatic carbocycles. The van der Waals surface area contributed by atoms with Crippen molar-refractivity contribution in [3.63, 3.8) is 0 Å². The van der Waals surface area contributed by atoms with Gasteiger partial charge >= 0.3 is 5.97 Å². The summed E-state index contributed by atoms with van der Waals surface area (Å²) < 4.78 is 10.3. The number of likely N-dealkylation sites (tertiary alicyclic amines) is 1. The molecule has 6 nitrogen and oxygen atoms in total. The van der Waals surface area contributed by atoms with E-state index in [0.717, 1.165) is 6.54 Å². The van der Waals surface area contributed by atoms with Gasteiger partial charge in [0.25, 0.3) is 5.91 Å². The number of carbonyl (C=O) groups excluding carboxylic acids is 2. The summed E-state index contributed by atoms with van der Waals surface area (Å²) >= 11 is 0. The molecule has 0 aromatic heterocycles. The van der Waals surface area contributed by atoms with Crippen molar-refractivity contribution in [3.05, 3.63) is 66.2 Å². The Morgan fingerprint density at radius 1 is 0.966 bits per heavy atom. The lowest BCUT2D eigenvalue weighted by molar-refractivity contribution is -0.151. The molecule has 3 rings (SSSR count). The first-order valence-electron chi connectivity index (χ1n) is 9.82. The van der Waals surface area contributed by atoms with Crippen molar-refractivity contribution in [2.24, 2.45) is 0 Å². The SMILES string of the molecule is COCC(=O)N(c1ccccc1)C1(C(=O)OC)CCN(Cc2ccccc2)CC1. The number of piperidine rings is 1. The Kier molecular flexibility index (Phi) is 7.01. The third kappa shape index (κ3) is 4.66. The Morgan fingerprint density at radius 2 is 1.55 bits per heavy atom. The molecule has 1 fully saturated rings. The molecule has 29 heavy (non-hydrogen) atoms. The number of benzene rings is 2. The van der Waals surface area contributed by atoms with Gasteiger partial charge < -0.3 is 9.47 Å². The Labute approximate surface area is 172 Å². The van der Waals surface area contributed by atoms with E-state index in [4.69, 9.17) is 9.47 Å². The summed E-state index contributed by atoms with van der Waals surface area (Å²) in [6.45, 7) is 2.10. The number of hydrogen-bond acceptors (Lipinski definition) is 5. The summed E-state index contributed by atoms with van der Waals surface area (Å²) in [7, 11) is 2.86. The molecule has 0 bridgehead atoms. The van der Waals surface area contributed by atoms with Crippen molar-refractivity contribution >= 4 is 17.6 Å². The second-order valence-electron chi connectivity index (χ2n) is 7.28. The molecule has 1 heterocycles. The van der Waals surface area contributed by atoms with Gasteiger partial charge in [-0.3, -0.25) is 14.6 Å².